The topological polar surface area (TPSA) is 66.8 Å². The van der Waals surface area contributed by atoms with Gasteiger partial charge in [-0.2, -0.15) is 0 Å². The molecule has 0 aliphatic carbocycles. The van der Waals surface area contributed by atoms with Crippen LogP contribution in [-0.2, 0) is 9.59 Å². The van der Waals surface area contributed by atoms with Crippen molar-refractivity contribution in [2.75, 3.05) is 18.6 Å². The Morgan fingerprint density at radius 3 is 2.55 bits per heavy atom. The normalized spacial score (nSPS) is 10.2. The summed E-state index contributed by atoms with van der Waals surface area (Å²) in [5.74, 6) is -0.664. The number of anilines is 1. The van der Waals surface area contributed by atoms with Crippen molar-refractivity contribution in [3.8, 4) is 5.75 Å². The minimum atomic E-state index is -0.955. The van der Waals surface area contributed by atoms with Gasteiger partial charge in [-0.05, 0) is 18.6 Å². The van der Waals surface area contributed by atoms with Crippen LogP contribution in [0.25, 0.3) is 0 Å². The fourth-order valence-electron chi connectivity index (χ4n) is 1.80. The predicted octanol–water partition coefficient (Wildman–Crippen LogP) is 2.87. The lowest BCUT2D eigenvalue weighted by molar-refractivity contribution is -0.136. The Balaban J connectivity index is 3.21. The molecular weight excluding hydrogens is 282 g/mol. The van der Waals surface area contributed by atoms with Crippen LogP contribution >= 0.6 is 11.6 Å². The van der Waals surface area contributed by atoms with Crippen LogP contribution in [0.1, 0.15) is 25.3 Å². The lowest BCUT2D eigenvalue weighted by Crippen LogP contribution is -2.32. The van der Waals surface area contributed by atoms with Gasteiger partial charge in [0.05, 0.1) is 19.2 Å². The first-order chi connectivity index (χ1) is 9.40. The third-order valence-electron chi connectivity index (χ3n) is 2.90. The molecular formula is C14H18ClNO4. The highest BCUT2D eigenvalue weighted by Gasteiger charge is 2.20. The number of nitrogens with zero attached hydrogens (tertiary/aromatic N) is 1. The van der Waals surface area contributed by atoms with E-state index in [0.29, 0.717) is 16.5 Å². The average molecular weight is 300 g/mol. The van der Waals surface area contributed by atoms with Gasteiger partial charge in [-0.15, -0.1) is 0 Å². The van der Waals surface area contributed by atoms with E-state index in [1.807, 2.05) is 6.92 Å². The van der Waals surface area contributed by atoms with E-state index in [9.17, 15) is 9.59 Å². The second-order valence-electron chi connectivity index (χ2n) is 4.32. The summed E-state index contributed by atoms with van der Waals surface area (Å²) in [5, 5.41) is 9.33. The predicted molar refractivity (Wildman–Crippen MR) is 77.6 cm³/mol. The standard InChI is InChI=1S/C14H18ClNO4/c1-4-13(17)16(6-5-14(18)19)11-7-9(2)10(15)8-12(11)20-3/h7-8H,4-6H2,1-3H3,(H,18,19). The Kier molecular flexibility index (Phi) is 5.82. The number of aryl methyl sites for hydroxylation is 1. The van der Waals surface area contributed by atoms with Crippen LogP contribution in [0.3, 0.4) is 0 Å². The largest absolute Gasteiger partial charge is 0.495 e. The molecule has 110 valence electrons. The number of aliphatic carboxylic acids is 1. The van der Waals surface area contributed by atoms with E-state index >= 15 is 0 Å². The molecule has 1 aromatic carbocycles. The van der Waals surface area contributed by atoms with Gasteiger partial charge in [0.15, 0.2) is 0 Å². The summed E-state index contributed by atoms with van der Waals surface area (Å²) in [5.41, 5.74) is 1.34. The van der Waals surface area contributed by atoms with Gasteiger partial charge in [0.1, 0.15) is 5.75 Å². The summed E-state index contributed by atoms with van der Waals surface area (Å²) >= 11 is 6.03. The molecule has 1 amide bonds. The number of ether oxygens (including phenoxy) is 1. The van der Waals surface area contributed by atoms with E-state index in [1.165, 1.54) is 12.0 Å². The van der Waals surface area contributed by atoms with Crippen molar-refractivity contribution >= 4 is 29.2 Å². The van der Waals surface area contributed by atoms with Crippen molar-refractivity contribution in [2.45, 2.75) is 26.7 Å². The zero-order valence-corrected chi connectivity index (χ0v) is 12.5. The molecule has 1 rings (SSSR count). The van der Waals surface area contributed by atoms with Gasteiger partial charge in [0, 0.05) is 24.1 Å². The number of methoxy groups -OCH3 is 1. The second-order valence-corrected chi connectivity index (χ2v) is 4.72. The Morgan fingerprint density at radius 2 is 2.05 bits per heavy atom. The van der Waals surface area contributed by atoms with Crippen LogP contribution in [0.4, 0.5) is 5.69 Å². The van der Waals surface area contributed by atoms with Crippen molar-refractivity contribution in [3.63, 3.8) is 0 Å². The van der Waals surface area contributed by atoms with Crippen LogP contribution in [0.5, 0.6) is 5.75 Å². The second kappa shape index (κ2) is 7.14. The monoisotopic (exact) mass is 299 g/mol. The molecule has 0 saturated heterocycles. The molecule has 0 aliphatic heterocycles. The summed E-state index contributed by atoms with van der Waals surface area (Å²) in [4.78, 5) is 24.2. The SMILES string of the molecule is CCC(=O)N(CCC(=O)O)c1cc(C)c(Cl)cc1OC. The Bertz CT molecular complexity index is 516. The smallest absolute Gasteiger partial charge is 0.305 e. The van der Waals surface area contributed by atoms with Gasteiger partial charge < -0.3 is 14.7 Å². The molecule has 0 bridgehead atoms. The van der Waals surface area contributed by atoms with Crippen molar-refractivity contribution < 1.29 is 19.4 Å². The van der Waals surface area contributed by atoms with E-state index in [-0.39, 0.29) is 25.3 Å². The van der Waals surface area contributed by atoms with E-state index in [4.69, 9.17) is 21.4 Å². The van der Waals surface area contributed by atoms with Crippen molar-refractivity contribution in [1.29, 1.82) is 0 Å². The molecule has 1 aromatic rings. The first-order valence-electron chi connectivity index (χ1n) is 6.27. The highest BCUT2D eigenvalue weighted by molar-refractivity contribution is 6.31. The highest BCUT2D eigenvalue weighted by atomic mass is 35.5. The minimum absolute atomic E-state index is 0.0967. The molecule has 20 heavy (non-hydrogen) atoms. The third-order valence-corrected chi connectivity index (χ3v) is 3.31. The van der Waals surface area contributed by atoms with E-state index in [2.05, 4.69) is 0 Å². The Morgan fingerprint density at radius 1 is 1.40 bits per heavy atom. The summed E-state index contributed by atoms with van der Waals surface area (Å²) in [7, 11) is 1.48. The number of carboxylic acid groups (broad SMARTS) is 1. The number of halogens is 1. The van der Waals surface area contributed by atoms with Crippen LogP contribution < -0.4 is 9.64 Å². The molecule has 5 nitrogen and oxygen atoms in total. The maximum absolute atomic E-state index is 12.0. The fourth-order valence-corrected chi connectivity index (χ4v) is 1.95. The molecule has 0 radical (unpaired) electrons. The molecule has 0 aromatic heterocycles. The van der Waals surface area contributed by atoms with Gasteiger partial charge in [0.2, 0.25) is 5.91 Å². The molecule has 0 heterocycles. The Labute approximate surface area is 123 Å². The average Bonchev–Trinajstić information content (AvgIpc) is 2.41. The molecule has 0 aliphatic rings. The zero-order valence-electron chi connectivity index (χ0n) is 11.8. The van der Waals surface area contributed by atoms with Crippen molar-refractivity contribution in [1.82, 2.24) is 0 Å². The first kappa shape index (κ1) is 16.3. The minimum Gasteiger partial charge on any atom is -0.495 e. The zero-order chi connectivity index (χ0) is 15.3. The summed E-state index contributed by atoms with van der Waals surface area (Å²) < 4.78 is 5.24. The number of carbonyl (C=O) groups excluding carboxylic acids is 1. The van der Waals surface area contributed by atoms with Crippen LogP contribution in [0.15, 0.2) is 12.1 Å². The number of hydrogen-bond acceptors (Lipinski definition) is 3. The van der Waals surface area contributed by atoms with Crippen LogP contribution in [0.2, 0.25) is 5.02 Å². The maximum atomic E-state index is 12.0. The number of rotatable bonds is 6. The summed E-state index contributed by atoms with van der Waals surface area (Å²) in [6.45, 7) is 3.64. The van der Waals surface area contributed by atoms with Crippen molar-refractivity contribution in [3.05, 3.63) is 22.7 Å². The molecule has 0 atom stereocenters. The fraction of sp³-hybridized carbons (Fsp3) is 0.429. The lowest BCUT2D eigenvalue weighted by Gasteiger charge is -2.24. The highest BCUT2D eigenvalue weighted by Crippen LogP contribution is 2.34. The molecule has 0 unspecified atom stereocenters. The van der Waals surface area contributed by atoms with Crippen molar-refractivity contribution in [2.24, 2.45) is 0 Å². The molecule has 0 saturated carbocycles. The maximum Gasteiger partial charge on any atom is 0.305 e. The van der Waals surface area contributed by atoms with Gasteiger partial charge in [-0.3, -0.25) is 9.59 Å². The molecule has 6 heteroatoms. The molecule has 1 N–H and O–H groups in total. The van der Waals surface area contributed by atoms with Gasteiger partial charge >= 0.3 is 5.97 Å². The number of benzene rings is 1. The lowest BCUT2D eigenvalue weighted by atomic mass is 10.1. The summed E-state index contributed by atoms with van der Waals surface area (Å²) in [6, 6.07) is 3.36. The quantitative estimate of drug-likeness (QED) is 0.877. The van der Waals surface area contributed by atoms with Gasteiger partial charge in [0.25, 0.3) is 0 Å². The number of carbonyl (C=O) groups is 2. The number of hydrogen-bond donors (Lipinski definition) is 1. The van der Waals surface area contributed by atoms with E-state index in [0.717, 1.165) is 5.56 Å². The van der Waals surface area contributed by atoms with Crippen LogP contribution in [0, 0.1) is 6.92 Å². The Hall–Kier alpha value is -1.75. The first-order valence-corrected chi connectivity index (χ1v) is 6.64. The molecule has 0 spiro atoms. The molecule has 0 fully saturated rings. The van der Waals surface area contributed by atoms with Gasteiger partial charge in [-0.1, -0.05) is 18.5 Å². The van der Waals surface area contributed by atoms with E-state index < -0.39 is 5.97 Å². The number of amides is 1. The summed E-state index contributed by atoms with van der Waals surface area (Å²) in [6.07, 6.45) is 0.154. The van der Waals surface area contributed by atoms with E-state index in [1.54, 1.807) is 19.1 Å². The number of carboxylic acids is 1. The van der Waals surface area contributed by atoms with Crippen LogP contribution in [-0.4, -0.2) is 30.6 Å². The van der Waals surface area contributed by atoms with Gasteiger partial charge in [-0.25, -0.2) is 0 Å². The third kappa shape index (κ3) is 3.87.